The third kappa shape index (κ3) is 4.94. The number of carbonyl (C=O) groups is 1. The van der Waals surface area contributed by atoms with Gasteiger partial charge in [0.15, 0.2) is 0 Å². The van der Waals surface area contributed by atoms with E-state index in [1.807, 2.05) is 0 Å². The number of carboxylic acids is 1. The van der Waals surface area contributed by atoms with Crippen molar-refractivity contribution in [2.24, 2.45) is 11.3 Å². The van der Waals surface area contributed by atoms with Gasteiger partial charge in [-0.1, -0.05) is 0 Å². The topological polar surface area (TPSA) is 43.8 Å². The van der Waals surface area contributed by atoms with Crippen LogP contribution in [0.2, 0.25) is 0 Å². The van der Waals surface area contributed by atoms with Crippen LogP contribution in [-0.4, -0.2) is 61.2 Å². The Labute approximate surface area is 111 Å². The van der Waals surface area contributed by atoms with Gasteiger partial charge in [-0.2, -0.15) is 0 Å². The highest BCUT2D eigenvalue weighted by molar-refractivity contribution is 5.73. The van der Waals surface area contributed by atoms with Crippen LogP contribution in [0.25, 0.3) is 0 Å². The Bertz CT molecular complexity index is 271. The average molecular weight is 256 g/mol. The lowest BCUT2D eigenvalue weighted by Crippen LogP contribution is -2.37. The first kappa shape index (κ1) is 15.4. The minimum atomic E-state index is -0.699. The maximum Gasteiger partial charge on any atom is 0.309 e. The summed E-state index contributed by atoms with van der Waals surface area (Å²) in [7, 11) is 4.28. The van der Waals surface area contributed by atoms with Crippen LogP contribution in [0.3, 0.4) is 0 Å². The van der Waals surface area contributed by atoms with Crippen LogP contribution in [0.15, 0.2) is 0 Å². The molecule has 0 aliphatic carbocycles. The van der Waals surface area contributed by atoms with E-state index < -0.39 is 11.4 Å². The highest BCUT2D eigenvalue weighted by Gasteiger charge is 2.27. The molecule has 18 heavy (non-hydrogen) atoms. The molecular weight excluding hydrogens is 228 g/mol. The highest BCUT2D eigenvalue weighted by atomic mass is 16.4. The lowest BCUT2D eigenvalue weighted by atomic mass is 9.89. The summed E-state index contributed by atoms with van der Waals surface area (Å²) in [5.74, 6) is 0.0781. The van der Waals surface area contributed by atoms with Gasteiger partial charge in [-0.15, -0.1) is 0 Å². The Morgan fingerprint density at radius 1 is 1.39 bits per heavy atom. The summed E-state index contributed by atoms with van der Waals surface area (Å²) in [4.78, 5) is 15.7. The summed E-state index contributed by atoms with van der Waals surface area (Å²) >= 11 is 0. The van der Waals surface area contributed by atoms with Gasteiger partial charge >= 0.3 is 5.97 Å². The van der Waals surface area contributed by atoms with Gasteiger partial charge in [0.2, 0.25) is 0 Å². The predicted molar refractivity (Wildman–Crippen MR) is 73.8 cm³/mol. The number of nitrogens with zero attached hydrogens (tertiary/aromatic N) is 2. The van der Waals surface area contributed by atoms with E-state index in [0.717, 1.165) is 19.0 Å². The van der Waals surface area contributed by atoms with E-state index in [1.165, 1.54) is 25.9 Å². The number of rotatable bonds is 6. The third-order valence-corrected chi connectivity index (χ3v) is 4.11. The molecule has 0 unspecified atom stereocenters. The predicted octanol–water partition coefficient (Wildman–Crippen LogP) is 1.76. The second-order valence-electron chi connectivity index (χ2n) is 6.45. The molecular formula is C14H28N2O2. The summed E-state index contributed by atoms with van der Waals surface area (Å²) in [5, 5.41) is 9.08. The van der Waals surface area contributed by atoms with E-state index in [0.29, 0.717) is 6.42 Å². The maximum atomic E-state index is 11.0. The molecule has 1 saturated heterocycles. The van der Waals surface area contributed by atoms with Gasteiger partial charge in [0.05, 0.1) is 5.41 Å². The molecule has 1 fully saturated rings. The number of carboxylic acid groups (broad SMARTS) is 1. The van der Waals surface area contributed by atoms with Crippen LogP contribution in [0.4, 0.5) is 0 Å². The summed E-state index contributed by atoms with van der Waals surface area (Å²) < 4.78 is 0. The molecule has 0 aromatic carbocycles. The van der Waals surface area contributed by atoms with Crippen LogP contribution in [0.1, 0.15) is 33.1 Å². The molecule has 1 heterocycles. The standard InChI is InChI=1S/C14H28N2O2/c1-14(2,13(17)18)7-10-16(4)11-12-5-8-15(3)9-6-12/h12H,5-11H2,1-4H3,(H,17,18). The molecule has 0 bridgehead atoms. The van der Waals surface area contributed by atoms with E-state index in [2.05, 4.69) is 23.9 Å². The second kappa shape index (κ2) is 6.53. The number of hydrogen-bond donors (Lipinski definition) is 1. The van der Waals surface area contributed by atoms with Crippen molar-refractivity contribution < 1.29 is 9.90 Å². The monoisotopic (exact) mass is 256 g/mol. The fourth-order valence-corrected chi connectivity index (χ4v) is 2.35. The highest BCUT2D eigenvalue weighted by Crippen LogP contribution is 2.22. The Morgan fingerprint density at radius 3 is 2.44 bits per heavy atom. The molecule has 1 aliphatic rings. The first-order chi connectivity index (χ1) is 8.31. The van der Waals surface area contributed by atoms with Crippen LogP contribution in [0, 0.1) is 11.3 Å². The Kier molecular flexibility index (Phi) is 5.60. The van der Waals surface area contributed by atoms with E-state index in [1.54, 1.807) is 13.8 Å². The molecule has 1 N–H and O–H groups in total. The summed E-state index contributed by atoms with van der Waals surface area (Å²) in [6.07, 6.45) is 3.25. The van der Waals surface area contributed by atoms with Crippen molar-refractivity contribution >= 4 is 5.97 Å². The number of hydrogen-bond acceptors (Lipinski definition) is 3. The normalized spacial score (nSPS) is 19.4. The second-order valence-corrected chi connectivity index (χ2v) is 6.45. The van der Waals surface area contributed by atoms with E-state index in [-0.39, 0.29) is 0 Å². The van der Waals surface area contributed by atoms with E-state index >= 15 is 0 Å². The smallest absolute Gasteiger partial charge is 0.309 e. The Morgan fingerprint density at radius 2 is 1.94 bits per heavy atom. The fraction of sp³-hybridized carbons (Fsp3) is 0.929. The molecule has 0 aromatic heterocycles. The number of piperidine rings is 1. The van der Waals surface area contributed by atoms with Crippen molar-refractivity contribution in [2.45, 2.75) is 33.1 Å². The quantitative estimate of drug-likeness (QED) is 0.786. The zero-order valence-corrected chi connectivity index (χ0v) is 12.3. The lowest BCUT2D eigenvalue weighted by molar-refractivity contribution is -0.147. The van der Waals surface area contributed by atoms with Gasteiger partial charge < -0.3 is 14.9 Å². The molecule has 106 valence electrons. The SMILES string of the molecule is CN1CCC(CN(C)CCC(C)(C)C(=O)O)CC1. The van der Waals surface area contributed by atoms with Crippen molar-refractivity contribution in [2.75, 3.05) is 40.3 Å². The minimum absolute atomic E-state index is 0.610. The van der Waals surface area contributed by atoms with Crippen molar-refractivity contribution in [1.29, 1.82) is 0 Å². The third-order valence-electron chi connectivity index (χ3n) is 4.11. The number of aliphatic carboxylic acids is 1. The van der Waals surface area contributed by atoms with Crippen molar-refractivity contribution in [1.82, 2.24) is 9.80 Å². The molecule has 1 rings (SSSR count). The first-order valence-corrected chi connectivity index (χ1v) is 6.92. The van der Waals surface area contributed by atoms with Gasteiger partial charge in [0.1, 0.15) is 0 Å². The molecule has 0 spiro atoms. The zero-order valence-electron chi connectivity index (χ0n) is 12.3. The van der Waals surface area contributed by atoms with Gasteiger partial charge in [0, 0.05) is 6.54 Å². The van der Waals surface area contributed by atoms with Gasteiger partial charge in [-0.25, -0.2) is 0 Å². The molecule has 0 radical (unpaired) electrons. The Hall–Kier alpha value is -0.610. The van der Waals surface area contributed by atoms with Crippen LogP contribution >= 0.6 is 0 Å². The van der Waals surface area contributed by atoms with Gasteiger partial charge in [0.25, 0.3) is 0 Å². The minimum Gasteiger partial charge on any atom is -0.481 e. The van der Waals surface area contributed by atoms with E-state index in [9.17, 15) is 4.79 Å². The summed E-state index contributed by atoms with van der Waals surface area (Å²) in [6, 6.07) is 0. The van der Waals surface area contributed by atoms with Crippen LogP contribution in [0.5, 0.6) is 0 Å². The first-order valence-electron chi connectivity index (χ1n) is 6.92. The van der Waals surface area contributed by atoms with Crippen LogP contribution in [-0.2, 0) is 4.79 Å². The molecule has 0 saturated carbocycles. The lowest BCUT2D eigenvalue weighted by Gasteiger charge is -2.32. The van der Waals surface area contributed by atoms with Crippen molar-refractivity contribution in [3.05, 3.63) is 0 Å². The molecule has 1 aliphatic heterocycles. The van der Waals surface area contributed by atoms with Crippen molar-refractivity contribution in [3.63, 3.8) is 0 Å². The number of likely N-dealkylation sites (tertiary alicyclic amines) is 1. The Balaban J connectivity index is 2.25. The van der Waals surface area contributed by atoms with Gasteiger partial charge in [-0.05, 0) is 72.8 Å². The molecule has 4 heteroatoms. The average Bonchev–Trinajstić information content (AvgIpc) is 2.29. The summed E-state index contributed by atoms with van der Waals surface area (Å²) in [6.45, 7) is 7.96. The van der Waals surface area contributed by atoms with E-state index in [4.69, 9.17) is 5.11 Å². The zero-order chi connectivity index (χ0) is 13.8. The molecule has 4 nitrogen and oxygen atoms in total. The van der Waals surface area contributed by atoms with Crippen LogP contribution < -0.4 is 0 Å². The maximum absolute atomic E-state index is 11.0. The molecule has 0 atom stereocenters. The molecule has 0 amide bonds. The van der Waals surface area contributed by atoms with Crippen molar-refractivity contribution in [3.8, 4) is 0 Å². The van der Waals surface area contributed by atoms with Gasteiger partial charge in [-0.3, -0.25) is 4.79 Å². The molecule has 0 aromatic rings. The largest absolute Gasteiger partial charge is 0.481 e. The summed E-state index contributed by atoms with van der Waals surface area (Å²) in [5.41, 5.74) is -0.610. The fourth-order valence-electron chi connectivity index (χ4n) is 2.35.